The Balaban J connectivity index is 2.00. The standard InChI is InChI=1S/C14H21N3/c1-3-16-14(15-2)17-10-9-13(11-17)12-7-5-4-6-8-12/h4-8,13H,3,9-11H2,1-2H3,(H,15,16). The molecule has 2 rings (SSSR count). The molecule has 1 aromatic carbocycles. The topological polar surface area (TPSA) is 27.6 Å². The normalized spacial score (nSPS) is 20.7. The number of hydrogen-bond donors (Lipinski definition) is 1. The lowest BCUT2D eigenvalue weighted by atomic mass is 9.99. The van der Waals surface area contributed by atoms with Crippen LogP contribution in [0.5, 0.6) is 0 Å². The minimum atomic E-state index is 0.645. The number of rotatable bonds is 2. The van der Waals surface area contributed by atoms with Crippen LogP contribution in [0.1, 0.15) is 24.8 Å². The summed E-state index contributed by atoms with van der Waals surface area (Å²) in [5.74, 6) is 1.68. The lowest BCUT2D eigenvalue weighted by Crippen LogP contribution is -2.39. The van der Waals surface area contributed by atoms with E-state index in [1.165, 1.54) is 12.0 Å². The Kier molecular flexibility index (Phi) is 4.02. The second-order valence-electron chi connectivity index (χ2n) is 4.42. The first-order chi connectivity index (χ1) is 8.35. The van der Waals surface area contributed by atoms with Crippen LogP contribution in [0.15, 0.2) is 35.3 Å². The SMILES string of the molecule is CCNC(=NC)N1CCC(c2ccccc2)C1. The molecule has 1 saturated heterocycles. The van der Waals surface area contributed by atoms with Crippen molar-refractivity contribution < 1.29 is 0 Å². The van der Waals surface area contributed by atoms with Gasteiger partial charge in [0.25, 0.3) is 0 Å². The minimum Gasteiger partial charge on any atom is -0.357 e. The fourth-order valence-corrected chi connectivity index (χ4v) is 2.44. The van der Waals surface area contributed by atoms with Crippen LogP contribution in [0, 0.1) is 0 Å². The smallest absolute Gasteiger partial charge is 0.193 e. The first-order valence-corrected chi connectivity index (χ1v) is 6.35. The van der Waals surface area contributed by atoms with Crippen molar-refractivity contribution >= 4 is 5.96 Å². The summed E-state index contributed by atoms with van der Waals surface area (Å²) in [7, 11) is 1.85. The molecule has 1 aliphatic heterocycles. The fourth-order valence-electron chi connectivity index (χ4n) is 2.44. The van der Waals surface area contributed by atoms with Crippen LogP contribution in [-0.2, 0) is 0 Å². The molecule has 0 radical (unpaired) electrons. The van der Waals surface area contributed by atoms with Gasteiger partial charge in [0.2, 0.25) is 0 Å². The van der Waals surface area contributed by atoms with Gasteiger partial charge in [-0.05, 0) is 18.9 Å². The number of guanidine groups is 1. The van der Waals surface area contributed by atoms with Crippen molar-refractivity contribution in [2.75, 3.05) is 26.7 Å². The molecule has 0 aliphatic carbocycles. The zero-order chi connectivity index (χ0) is 12.1. The summed E-state index contributed by atoms with van der Waals surface area (Å²) in [5, 5.41) is 3.32. The molecular formula is C14H21N3. The van der Waals surface area contributed by atoms with Crippen molar-refractivity contribution in [3.8, 4) is 0 Å². The summed E-state index contributed by atoms with van der Waals surface area (Å²) in [6.07, 6.45) is 1.22. The van der Waals surface area contributed by atoms with E-state index in [0.717, 1.165) is 25.6 Å². The van der Waals surface area contributed by atoms with E-state index in [1.54, 1.807) is 0 Å². The third-order valence-electron chi connectivity index (χ3n) is 3.31. The first-order valence-electron chi connectivity index (χ1n) is 6.35. The number of likely N-dealkylation sites (tertiary alicyclic amines) is 1. The van der Waals surface area contributed by atoms with Crippen molar-refractivity contribution in [2.45, 2.75) is 19.3 Å². The second-order valence-corrected chi connectivity index (χ2v) is 4.42. The molecule has 0 amide bonds. The van der Waals surface area contributed by atoms with Gasteiger partial charge < -0.3 is 10.2 Å². The maximum absolute atomic E-state index is 4.32. The van der Waals surface area contributed by atoms with E-state index in [9.17, 15) is 0 Å². The van der Waals surface area contributed by atoms with Gasteiger partial charge in [0.1, 0.15) is 0 Å². The Morgan fingerprint density at radius 3 is 2.82 bits per heavy atom. The summed E-state index contributed by atoms with van der Waals surface area (Å²) < 4.78 is 0. The number of aliphatic imine (C=N–C) groups is 1. The molecule has 0 aromatic heterocycles. The number of hydrogen-bond acceptors (Lipinski definition) is 1. The molecule has 92 valence electrons. The Bertz CT molecular complexity index is 372. The number of nitrogens with zero attached hydrogens (tertiary/aromatic N) is 2. The van der Waals surface area contributed by atoms with Crippen LogP contribution in [0.25, 0.3) is 0 Å². The molecule has 1 aliphatic rings. The van der Waals surface area contributed by atoms with Crippen LogP contribution in [0.4, 0.5) is 0 Å². The van der Waals surface area contributed by atoms with Crippen LogP contribution in [0.2, 0.25) is 0 Å². The number of benzene rings is 1. The van der Waals surface area contributed by atoms with E-state index in [-0.39, 0.29) is 0 Å². The minimum absolute atomic E-state index is 0.645. The quantitative estimate of drug-likeness (QED) is 0.623. The van der Waals surface area contributed by atoms with Crippen molar-refractivity contribution in [3.63, 3.8) is 0 Å². The maximum Gasteiger partial charge on any atom is 0.193 e. The van der Waals surface area contributed by atoms with Gasteiger partial charge in [0.05, 0.1) is 0 Å². The Morgan fingerprint density at radius 2 is 2.18 bits per heavy atom. The van der Waals surface area contributed by atoms with Gasteiger partial charge in [0.15, 0.2) is 5.96 Å². The van der Waals surface area contributed by atoms with Gasteiger partial charge in [0, 0.05) is 32.6 Å². The monoisotopic (exact) mass is 231 g/mol. The highest BCUT2D eigenvalue weighted by molar-refractivity contribution is 5.80. The zero-order valence-electron chi connectivity index (χ0n) is 10.7. The van der Waals surface area contributed by atoms with Crippen LogP contribution in [-0.4, -0.2) is 37.5 Å². The summed E-state index contributed by atoms with van der Waals surface area (Å²) >= 11 is 0. The van der Waals surface area contributed by atoms with Gasteiger partial charge >= 0.3 is 0 Å². The van der Waals surface area contributed by atoms with Gasteiger partial charge in [-0.1, -0.05) is 30.3 Å². The van der Waals surface area contributed by atoms with Gasteiger partial charge in [-0.3, -0.25) is 4.99 Å². The summed E-state index contributed by atoms with van der Waals surface area (Å²) in [5.41, 5.74) is 1.45. The van der Waals surface area contributed by atoms with Crippen molar-refractivity contribution in [2.24, 2.45) is 4.99 Å². The highest BCUT2D eigenvalue weighted by Crippen LogP contribution is 2.26. The van der Waals surface area contributed by atoms with Crippen LogP contribution >= 0.6 is 0 Å². The van der Waals surface area contributed by atoms with Gasteiger partial charge in [-0.2, -0.15) is 0 Å². The molecule has 0 bridgehead atoms. The third-order valence-corrected chi connectivity index (χ3v) is 3.31. The van der Waals surface area contributed by atoms with E-state index in [1.807, 2.05) is 7.05 Å². The zero-order valence-corrected chi connectivity index (χ0v) is 10.7. The molecule has 1 unspecified atom stereocenters. The van der Waals surface area contributed by atoms with E-state index < -0.39 is 0 Å². The van der Waals surface area contributed by atoms with Crippen LogP contribution < -0.4 is 5.32 Å². The largest absolute Gasteiger partial charge is 0.357 e. The van der Waals surface area contributed by atoms with Crippen molar-refractivity contribution in [3.05, 3.63) is 35.9 Å². The summed E-state index contributed by atoms with van der Waals surface area (Å²) in [4.78, 5) is 6.67. The molecule has 1 aromatic rings. The molecule has 1 fully saturated rings. The van der Waals surface area contributed by atoms with Gasteiger partial charge in [-0.15, -0.1) is 0 Å². The van der Waals surface area contributed by atoms with Crippen molar-refractivity contribution in [1.82, 2.24) is 10.2 Å². The molecule has 0 spiro atoms. The van der Waals surface area contributed by atoms with E-state index in [4.69, 9.17) is 0 Å². The Hall–Kier alpha value is -1.51. The molecule has 3 heteroatoms. The average molecular weight is 231 g/mol. The fraction of sp³-hybridized carbons (Fsp3) is 0.500. The van der Waals surface area contributed by atoms with Crippen molar-refractivity contribution in [1.29, 1.82) is 0 Å². The second kappa shape index (κ2) is 5.71. The average Bonchev–Trinajstić information content (AvgIpc) is 2.86. The van der Waals surface area contributed by atoms with Crippen LogP contribution in [0.3, 0.4) is 0 Å². The Labute approximate surface area is 104 Å². The molecule has 1 N–H and O–H groups in total. The van der Waals surface area contributed by atoms with E-state index in [2.05, 4.69) is 52.5 Å². The highest BCUT2D eigenvalue weighted by atomic mass is 15.3. The predicted molar refractivity (Wildman–Crippen MR) is 72.4 cm³/mol. The molecule has 3 nitrogen and oxygen atoms in total. The first kappa shape index (κ1) is 12.0. The highest BCUT2D eigenvalue weighted by Gasteiger charge is 2.25. The Morgan fingerprint density at radius 1 is 1.41 bits per heavy atom. The lowest BCUT2D eigenvalue weighted by molar-refractivity contribution is 0.488. The summed E-state index contributed by atoms with van der Waals surface area (Å²) in [6, 6.07) is 10.8. The molecule has 17 heavy (non-hydrogen) atoms. The molecule has 1 atom stereocenters. The number of nitrogens with one attached hydrogen (secondary N) is 1. The van der Waals surface area contributed by atoms with E-state index in [0.29, 0.717) is 5.92 Å². The lowest BCUT2D eigenvalue weighted by Gasteiger charge is -2.21. The molecule has 0 saturated carbocycles. The van der Waals surface area contributed by atoms with Gasteiger partial charge in [-0.25, -0.2) is 0 Å². The molecular weight excluding hydrogens is 210 g/mol. The maximum atomic E-state index is 4.32. The third kappa shape index (κ3) is 2.78. The summed E-state index contributed by atoms with van der Waals surface area (Å²) in [6.45, 7) is 5.21. The molecule has 1 heterocycles. The van der Waals surface area contributed by atoms with E-state index >= 15 is 0 Å². The predicted octanol–water partition coefficient (Wildman–Crippen LogP) is 2.07.